The lowest BCUT2D eigenvalue weighted by atomic mass is 10.1. The molecule has 0 aliphatic rings. The smallest absolute Gasteiger partial charge is 0.323 e. The normalized spacial score (nSPS) is 12.8. The third-order valence-electron chi connectivity index (χ3n) is 2.26. The molecule has 5 nitrogen and oxygen atoms in total. The molecule has 6 heteroatoms. The van der Waals surface area contributed by atoms with Crippen molar-refractivity contribution in [2.45, 2.75) is 71.6 Å². The van der Waals surface area contributed by atoms with Crippen LogP contribution in [0.4, 0.5) is 0 Å². The van der Waals surface area contributed by atoms with Gasteiger partial charge in [0.1, 0.15) is 17.2 Å². The Kier molecular flexibility index (Phi) is 10.4. The van der Waals surface area contributed by atoms with Gasteiger partial charge in [-0.25, -0.2) is 0 Å². The van der Waals surface area contributed by atoms with E-state index < -0.39 is 17.2 Å². The highest BCUT2D eigenvalue weighted by Gasteiger charge is 2.26. The van der Waals surface area contributed by atoms with Gasteiger partial charge in [0.05, 0.1) is 0 Å². The SMILES string of the molecule is C=CCN[C@@H](CCC(=O)OC(C)(C)C)C(=O)OC(C)(C)C.Cl. The van der Waals surface area contributed by atoms with E-state index in [1.807, 2.05) is 41.5 Å². The summed E-state index contributed by atoms with van der Waals surface area (Å²) in [5.41, 5.74) is -1.08. The molecule has 0 rings (SSSR count). The number of esters is 2. The third-order valence-corrected chi connectivity index (χ3v) is 2.26. The van der Waals surface area contributed by atoms with Crippen molar-refractivity contribution in [3.8, 4) is 0 Å². The summed E-state index contributed by atoms with van der Waals surface area (Å²) >= 11 is 0. The Morgan fingerprint density at radius 1 is 1.09 bits per heavy atom. The number of carbonyl (C=O) groups excluding carboxylic acids is 2. The van der Waals surface area contributed by atoms with Crippen LogP contribution in [0.15, 0.2) is 12.7 Å². The summed E-state index contributed by atoms with van der Waals surface area (Å²) in [6.07, 6.45) is 2.15. The molecule has 1 atom stereocenters. The number of carbonyl (C=O) groups is 2. The minimum absolute atomic E-state index is 0. The molecule has 0 heterocycles. The van der Waals surface area contributed by atoms with E-state index in [4.69, 9.17) is 9.47 Å². The van der Waals surface area contributed by atoms with E-state index in [0.29, 0.717) is 13.0 Å². The first-order valence-electron chi connectivity index (χ1n) is 7.23. The van der Waals surface area contributed by atoms with Crippen molar-refractivity contribution in [2.24, 2.45) is 0 Å². The highest BCUT2D eigenvalue weighted by atomic mass is 35.5. The molecule has 0 fully saturated rings. The number of halogens is 1. The Hall–Kier alpha value is -1.07. The maximum atomic E-state index is 12.1. The van der Waals surface area contributed by atoms with Gasteiger partial charge in [-0.3, -0.25) is 9.59 Å². The van der Waals surface area contributed by atoms with Gasteiger partial charge in [0.15, 0.2) is 0 Å². The molecule has 0 amide bonds. The average Bonchev–Trinajstić information content (AvgIpc) is 2.24. The summed E-state index contributed by atoms with van der Waals surface area (Å²) in [6.45, 7) is 14.9. The molecule has 0 saturated heterocycles. The third kappa shape index (κ3) is 12.7. The van der Waals surface area contributed by atoms with Crippen molar-refractivity contribution >= 4 is 24.3 Å². The van der Waals surface area contributed by atoms with Crippen molar-refractivity contribution in [2.75, 3.05) is 6.54 Å². The zero-order valence-electron chi connectivity index (χ0n) is 14.5. The molecule has 0 radical (unpaired) electrons. The Labute approximate surface area is 140 Å². The molecule has 0 aliphatic carbocycles. The summed E-state index contributed by atoms with van der Waals surface area (Å²) in [5, 5.41) is 3.01. The van der Waals surface area contributed by atoms with Gasteiger partial charge in [-0.05, 0) is 48.0 Å². The van der Waals surface area contributed by atoms with Gasteiger partial charge in [-0.2, -0.15) is 0 Å². The van der Waals surface area contributed by atoms with Crippen LogP contribution in [0.2, 0.25) is 0 Å². The number of hydrogen-bond donors (Lipinski definition) is 1. The Morgan fingerprint density at radius 3 is 2.00 bits per heavy atom. The van der Waals surface area contributed by atoms with Crippen LogP contribution >= 0.6 is 12.4 Å². The molecule has 1 N–H and O–H groups in total. The van der Waals surface area contributed by atoms with Crippen LogP contribution in [0.1, 0.15) is 54.4 Å². The molecule has 0 bridgehead atoms. The Bertz CT molecular complexity index is 369. The Morgan fingerprint density at radius 2 is 1.59 bits per heavy atom. The van der Waals surface area contributed by atoms with Gasteiger partial charge < -0.3 is 14.8 Å². The minimum Gasteiger partial charge on any atom is -0.460 e. The highest BCUT2D eigenvalue weighted by Crippen LogP contribution is 2.13. The lowest BCUT2D eigenvalue weighted by Crippen LogP contribution is -2.42. The fourth-order valence-electron chi connectivity index (χ4n) is 1.56. The molecule has 130 valence electrons. The van der Waals surface area contributed by atoms with Crippen molar-refractivity contribution in [3.05, 3.63) is 12.7 Å². The second-order valence-corrected chi connectivity index (χ2v) is 6.91. The van der Waals surface area contributed by atoms with E-state index in [2.05, 4.69) is 11.9 Å². The molecule has 0 aliphatic heterocycles. The predicted octanol–water partition coefficient (Wildman–Crippen LogP) is 3.02. The molecule has 0 aromatic heterocycles. The molecule has 0 aromatic rings. The quantitative estimate of drug-likeness (QED) is 0.572. The predicted molar refractivity (Wildman–Crippen MR) is 90.2 cm³/mol. The van der Waals surface area contributed by atoms with Crippen molar-refractivity contribution in [1.29, 1.82) is 0 Å². The van der Waals surface area contributed by atoms with E-state index >= 15 is 0 Å². The van der Waals surface area contributed by atoms with E-state index in [1.165, 1.54) is 0 Å². The van der Waals surface area contributed by atoms with Crippen LogP contribution in [-0.2, 0) is 19.1 Å². The molecule has 0 aromatic carbocycles. The molecular formula is C16H30ClNO4. The monoisotopic (exact) mass is 335 g/mol. The summed E-state index contributed by atoms with van der Waals surface area (Å²) in [6, 6.07) is -0.547. The highest BCUT2D eigenvalue weighted by molar-refractivity contribution is 5.85. The first-order chi connectivity index (χ1) is 9.44. The van der Waals surface area contributed by atoms with Crippen molar-refractivity contribution < 1.29 is 19.1 Å². The van der Waals surface area contributed by atoms with Crippen molar-refractivity contribution in [3.63, 3.8) is 0 Å². The number of nitrogens with one attached hydrogen (secondary N) is 1. The standard InChI is InChI=1S/C16H29NO4.ClH/c1-8-11-17-12(14(19)21-16(5,6)7)9-10-13(18)20-15(2,3)4;/h8,12,17H,1,9-11H2,2-7H3;1H/t12-;/m0./s1. The maximum absolute atomic E-state index is 12.1. The van der Waals surface area contributed by atoms with E-state index in [9.17, 15) is 9.59 Å². The molecule has 22 heavy (non-hydrogen) atoms. The molecule has 0 unspecified atom stereocenters. The number of hydrogen-bond acceptors (Lipinski definition) is 5. The number of ether oxygens (including phenoxy) is 2. The summed E-state index contributed by atoms with van der Waals surface area (Å²) in [4.78, 5) is 23.8. The second-order valence-electron chi connectivity index (χ2n) is 6.91. The second kappa shape index (κ2) is 9.85. The van der Waals surface area contributed by atoms with Crippen LogP contribution in [-0.4, -0.2) is 35.7 Å². The summed E-state index contributed by atoms with van der Waals surface area (Å²) in [7, 11) is 0. The largest absolute Gasteiger partial charge is 0.460 e. The topological polar surface area (TPSA) is 64.6 Å². The van der Waals surface area contributed by atoms with Crippen molar-refractivity contribution in [1.82, 2.24) is 5.32 Å². The molecule has 0 spiro atoms. The van der Waals surface area contributed by atoms with Crippen LogP contribution in [0, 0.1) is 0 Å². The van der Waals surface area contributed by atoms with Crippen LogP contribution < -0.4 is 5.32 Å². The first kappa shape index (κ1) is 23.2. The Balaban J connectivity index is 0. The molecular weight excluding hydrogens is 306 g/mol. The molecule has 0 saturated carbocycles. The first-order valence-corrected chi connectivity index (χ1v) is 7.23. The fourth-order valence-corrected chi connectivity index (χ4v) is 1.56. The van der Waals surface area contributed by atoms with E-state index in [1.54, 1.807) is 6.08 Å². The van der Waals surface area contributed by atoms with Crippen LogP contribution in [0.5, 0.6) is 0 Å². The van der Waals surface area contributed by atoms with Gasteiger partial charge in [0.25, 0.3) is 0 Å². The van der Waals surface area contributed by atoms with E-state index in [-0.39, 0.29) is 30.8 Å². The summed E-state index contributed by atoms with van der Waals surface area (Å²) in [5.74, 6) is -0.690. The average molecular weight is 336 g/mol. The lowest BCUT2D eigenvalue weighted by molar-refractivity contribution is -0.158. The van der Waals surface area contributed by atoms with Gasteiger partial charge in [-0.15, -0.1) is 19.0 Å². The zero-order chi connectivity index (χ0) is 16.7. The fraction of sp³-hybridized carbons (Fsp3) is 0.750. The maximum Gasteiger partial charge on any atom is 0.323 e. The van der Waals surface area contributed by atoms with Gasteiger partial charge in [-0.1, -0.05) is 6.08 Å². The van der Waals surface area contributed by atoms with Gasteiger partial charge in [0, 0.05) is 13.0 Å². The lowest BCUT2D eigenvalue weighted by Gasteiger charge is -2.25. The van der Waals surface area contributed by atoms with Gasteiger partial charge in [0.2, 0.25) is 0 Å². The van der Waals surface area contributed by atoms with Gasteiger partial charge >= 0.3 is 11.9 Å². The van der Waals surface area contributed by atoms with Crippen LogP contribution in [0.25, 0.3) is 0 Å². The van der Waals surface area contributed by atoms with E-state index in [0.717, 1.165) is 0 Å². The summed E-state index contributed by atoms with van der Waals surface area (Å²) < 4.78 is 10.6. The zero-order valence-corrected chi connectivity index (χ0v) is 15.3. The van der Waals surface area contributed by atoms with Crippen LogP contribution in [0.3, 0.4) is 0 Å². The minimum atomic E-state index is -0.558. The number of rotatable bonds is 7.